The number of para-hydroxylation sites is 1. The molecule has 4 heteroatoms. The van der Waals surface area contributed by atoms with Crippen LogP contribution in [-0.4, -0.2) is 29.8 Å². The van der Waals surface area contributed by atoms with E-state index in [-0.39, 0.29) is 0 Å². The lowest BCUT2D eigenvalue weighted by molar-refractivity contribution is 0.0875. The Labute approximate surface area is 127 Å². The molecule has 0 atom stereocenters. The normalized spacial score (nSPS) is 12.0. The molecule has 0 radical (unpaired) electrons. The van der Waals surface area contributed by atoms with E-state index < -0.39 is 5.60 Å². The van der Waals surface area contributed by atoms with Crippen LogP contribution in [0.2, 0.25) is 5.02 Å². The van der Waals surface area contributed by atoms with Crippen LogP contribution in [0.15, 0.2) is 18.2 Å². The number of anilines is 1. The fraction of sp³-hybridized carbons (Fsp3) is 0.625. The highest BCUT2D eigenvalue weighted by atomic mass is 35.5. The van der Waals surface area contributed by atoms with Crippen LogP contribution in [0.3, 0.4) is 0 Å². The lowest BCUT2D eigenvalue weighted by Crippen LogP contribution is -2.39. The lowest BCUT2D eigenvalue weighted by Gasteiger charge is -2.32. The number of likely N-dealkylation sites (N-methyl/N-ethyl adjacent to an activating group) is 1. The van der Waals surface area contributed by atoms with E-state index in [0.29, 0.717) is 12.6 Å². The second-order valence-corrected chi connectivity index (χ2v) is 6.52. The van der Waals surface area contributed by atoms with Gasteiger partial charge in [-0.2, -0.15) is 0 Å². The van der Waals surface area contributed by atoms with Crippen molar-refractivity contribution < 1.29 is 5.11 Å². The van der Waals surface area contributed by atoms with E-state index in [4.69, 9.17) is 11.6 Å². The van der Waals surface area contributed by atoms with Gasteiger partial charge in [-0.3, -0.25) is 0 Å². The molecule has 0 saturated carbocycles. The molecule has 0 amide bonds. The monoisotopic (exact) mass is 298 g/mol. The Hall–Kier alpha value is -0.770. The van der Waals surface area contributed by atoms with Crippen LogP contribution in [0.1, 0.15) is 40.2 Å². The summed E-state index contributed by atoms with van der Waals surface area (Å²) < 4.78 is 0. The first-order valence-corrected chi connectivity index (χ1v) is 7.60. The maximum atomic E-state index is 10.1. The third kappa shape index (κ3) is 5.31. The zero-order valence-electron chi connectivity index (χ0n) is 13.2. The summed E-state index contributed by atoms with van der Waals surface area (Å²) in [6.07, 6.45) is 0. The van der Waals surface area contributed by atoms with Gasteiger partial charge in [0.05, 0.1) is 16.3 Å². The number of rotatable bonds is 7. The predicted molar refractivity (Wildman–Crippen MR) is 87.6 cm³/mol. The Bertz CT molecular complexity index is 427. The fourth-order valence-electron chi connectivity index (χ4n) is 2.19. The van der Waals surface area contributed by atoms with Crippen LogP contribution in [0.4, 0.5) is 5.69 Å². The minimum Gasteiger partial charge on any atom is -0.389 e. The molecule has 0 aliphatic rings. The Morgan fingerprint density at radius 3 is 2.50 bits per heavy atom. The molecule has 20 heavy (non-hydrogen) atoms. The van der Waals surface area contributed by atoms with Crippen molar-refractivity contribution >= 4 is 17.3 Å². The third-order valence-corrected chi connectivity index (χ3v) is 3.35. The van der Waals surface area contributed by atoms with Gasteiger partial charge in [0.1, 0.15) is 0 Å². The summed E-state index contributed by atoms with van der Waals surface area (Å²) in [5.41, 5.74) is 1.43. The first-order chi connectivity index (χ1) is 9.24. The van der Waals surface area contributed by atoms with Crippen LogP contribution < -0.4 is 10.2 Å². The van der Waals surface area contributed by atoms with Crippen LogP contribution in [0, 0.1) is 0 Å². The van der Waals surface area contributed by atoms with Crippen LogP contribution >= 0.6 is 11.6 Å². The largest absolute Gasteiger partial charge is 0.389 e. The molecule has 1 rings (SSSR count). The van der Waals surface area contributed by atoms with Crippen molar-refractivity contribution in [3.05, 3.63) is 28.8 Å². The molecule has 0 heterocycles. The summed E-state index contributed by atoms with van der Waals surface area (Å²) in [5, 5.41) is 14.2. The summed E-state index contributed by atoms with van der Waals surface area (Å²) in [7, 11) is 0. The highest BCUT2D eigenvalue weighted by Gasteiger charge is 2.21. The van der Waals surface area contributed by atoms with Crippen molar-refractivity contribution in [3.63, 3.8) is 0 Å². The second-order valence-electron chi connectivity index (χ2n) is 6.11. The zero-order valence-corrected chi connectivity index (χ0v) is 14.0. The average molecular weight is 299 g/mol. The van der Waals surface area contributed by atoms with E-state index in [9.17, 15) is 5.11 Å². The van der Waals surface area contributed by atoms with Crippen LogP contribution in [0.5, 0.6) is 0 Å². The molecule has 114 valence electrons. The molecular weight excluding hydrogens is 272 g/mol. The summed E-state index contributed by atoms with van der Waals surface area (Å²) in [6, 6.07) is 6.39. The molecule has 1 aromatic rings. The highest BCUT2D eigenvalue weighted by Crippen LogP contribution is 2.31. The van der Waals surface area contributed by atoms with Gasteiger partial charge in [-0.1, -0.05) is 37.6 Å². The van der Waals surface area contributed by atoms with Crippen LogP contribution in [-0.2, 0) is 6.54 Å². The first-order valence-electron chi connectivity index (χ1n) is 7.22. The SMILES string of the molecule is CCN(CC(C)(C)O)c1c(Cl)cccc1CNC(C)C. The first kappa shape index (κ1) is 17.3. The van der Waals surface area contributed by atoms with E-state index in [2.05, 4.69) is 37.1 Å². The van der Waals surface area contributed by atoms with Gasteiger partial charge in [0.25, 0.3) is 0 Å². The van der Waals surface area contributed by atoms with E-state index in [1.807, 2.05) is 26.0 Å². The van der Waals surface area contributed by atoms with Crippen molar-refractivity contribution in [2.75, 3.05) is 18.0 Å². The third-order valence-electron chi connectivity index (χ3n) is 3.05. The van der Waals surface area contributed by atoms with E-state index >= 15 is 0 Å². The number of nitrogens with zero attached hydrogens (tertiary/aromatic N) is 1. The maximum Gasteiger partial charge on any atom is 0.0765 e. The smallest absolute Gasteiger partial charge is 0.0765 e. The van der Waals surface area contributed by atoms with Crippen molar-refractivity contribution in [1.29, 1.82) is 0 Å². The van der Waals surface area contributed by atoms with Gasteiger partial charge in [0.2, 0.25) is 0 Å². The number of aliphatic hydroxyl groups is 1. The minimum atomic E-state index is -0.752. The topological polar surface area (TPSA) is 35.5 Å². The molecule has 1 aromatic carbocycles. The molecule has 0 spiro atoms. The van der Waals surface area contributed by atoms with Crippen molar-refractivity contribution in [3.8, 4) is 0 Å². The second kappa shape index (κ2) is 7.30. The van der Waals surface area contributed by atoms with Gasteiger partial charge in [-0.15, -0.1) is 0 Å². The van der Waals surface area contributed by atoms with Crippen molar-refractivity contribution in [2.24, 2.45) is 0 Å². The number of benzene rings is 1. The Balaban J connectivity index is 3.06. The molecule has 0 saturated heterocycles. The molecular formula is C16H27ClN2O. The Morgan fingerprint density at radius 2 is 2.00 bits per heavy atom. The minimum absolute atomic E-state index is 0.422. The molecule has 0 fully saturated rings. The van der Waals surface area contributed by atoms with Crippen molar-refractivity contribution in [2.45, 2.75) is 52.8 Å². The Kier molecular flexibility index (Phi) is 6.31. The predicted octanol–water partition coefficient (Wildman–Crippen LogP) is 3.44. The van der Waals surface area contributed by atoms with Crippen molar-refractivity contribution in [1.82, 2.24) is 5.32 Å². The molecule has 0 unspecified atom stereocenters. The number of nitrogens with one attached hydrogen (secondary N) is 1. The van der Waals surface area contributed by atoms with E-state index in [1.54, 1.807) is 0 Å². The summed E-state index contributed by atoms with van der Waals surface area (Å²) >= 11 is 6.40. The molecule has 0 aliphatic heterocycles. The average Bonchev–Trinajstić information content (AvgIpc) is 2.32. The summed E-state index contributed by atoms with van der Waals surface area (Å²) in [4.78, 5) is 2.14. The number of hydrogen-bond donors (Lipinski definition) is 2. The van der Waals surface area contributed by atoms with Crippen LogP contribution in [0.25, 0.3) is 0 Å². The summed E-state index contributed by atoms with van der Waals surface area (Å²) in [6.45, 7) is 12.1. The molecule has 0 aromatic heterocycles. The fourth-order valence-corrected chi connectivity index (χ4v) is 2.50. The number of halogens is 1. The molecule has 0 aliphatic carbocycles. The Morgan fingerprint density at radius 1 is 1.35 bits per heavy atom. The van der Waals surface area contributed by atoms with Gasteiger partial charge in [0.15, 0.2) is 0 Å². The lowest BCUT2D eigenvalue weighted by atomic mass is 10.1. The quantitative estimate of drug-likeness (QED) is 0.809. The standard InChI is InChI=1S/C16H27ClN2O/c1-6-19(11-16(4,5)20)15-13(10-18-12(2)3)8-7-9-14(15)17/h7-9,12,18,20H,6,10-11H2,1-5H3. The molecule has 3 nitrogen and oxygen atoms in total. The maximum absolute atomic E-state index is 10.1. The molecule has 2 N–H and O–H groups in total. The van der Waals surface area contributed by atoms with Gasteiger partial charge in [-0.05, 0) is 32.4 Å². The van der Waals surface area contributed by atoms with Gasteiger partial charge in [0, 0.05) is 25.7 Å². The van der Waals surface area contributed by atoms with Gasteiger partial charge < -0.3 is 15.3 Å². The zero-order chi connectivity index (χ0) is 15.3. The van der Waals surface area contributed by atoms with E-state index in [0.717, 1.165) is 29.4 Å². The number of hydrogen-bond acceptors (Lipinski definition) is 3. The van der Waals surface area contributed by atoms with E-state index in [1.165, 1.54) is 0 Å². The van der Waals surface area contributed by atoms with Gasteiger partial charge in [-0.25, -0.2) is 0 Å². The van der Waals surface area contributed by atoms with Gasteiger partial charge >= 0.3 is 0 Å². The highest BCUT2D eigenvalue weighted by molar-refractivity contribution is 6.33. The summed E-state index contributed by atoms with van der Waals surface area (Å²) in [5.74, 6) is 0. The molecule has 0 bridgehead atoms.